The first-order valence-electron chi connectivity index (χ1n) is 5.68. The molecule has 0 bridgehead atoms. The third kappa shape index (κ3) is 5.53. The van der Waals surface area contributed by atoms with Crippen molar-refractivity contribution in [2.75, 3.05) is 13.7 Å². The fourth-order valence-electron chi connectivity index (χ4n) is 1.15. The zero-order valence-corrected chi connectivity index (χ0v) is 10.6. The lowest BCUT2D eigenvalue weighted by atomic mass is 10.1. The van der Waals surface area contributed by atoms with Gasteiger partial charge < -0.3 is 4.74 Å². The van der Waals surface area contributed by atoms with Crippen LogP contribution in [-0.4, -0.2) is 18.7 Å². The molecule has 1 heterocycles. The van der Waals surface area contributed by atoms with Crippen molar-refractivity contribution in [3.05, 3.63) is 29.6 Å². The zero-order chi connectivity index (χ0) is 11.7. The SMILES string of the molecule is CC.COCCc1ccc(C(C)C)nc1. The number of methoxy groups -OCH3 is 1. The van der Waals surface area contributed by atoms with Gasteiger partial charge in [0, 0.05) is 19.0 Å². The predicted octanol–water partition coefficient (Wildman–Crippen LogP) is 3.42. The molecular weight excluding hydrogens is 186 g/mol. The standard InChI is InChI=1S/C11H17NO.C2H6/c1-9(2)11-5-4-10(8-12-11)6-7-13-3;1-2/h4-5,8-9H,6-7H2,1-3H3;1-2H3. The topological polar surface area (TPSA) is 22.1 Å². The van der Waals surface area contributed by atoms with Gasteiger partial charge in [0.1, 0.15) is 0 Å². The molecule has 0 fully saturated rings. The van der Waals surface area contributed by atoms with E-state index in [4.69, 9.17) is 4.74 Å². The Labute approximate surface area is 93.7 Å². The number of hydrogen-bond donors (Lipinski definition) is 0. The summed E-state index contributed by atoms with van der Waals surface area (Å²) in [6.07, 6.45) is 2.89. The van der Waals surface area contributed by atoms with Crippen molar-refractivity contribution in [2.24, 2.45) is 0 Å². The van der Waals surface area contributed by atoms with Crippen LogP contribution in [0.5, 0.6) is 0 Å². The Balaban J connectivity index is 0.000000921. The summed E-state index contributed by atoms with van der Waals surface area (Å²) in [5, 5.41) is 0. The van der Waals surface area contributed by atoms with Crippen molar-refractivity contribution in [1.82, 2.24) is 4.98 Å². The first-order valence-corrected chi connectivity index (χ1v) is 5.68. The highest BCUT2D eigenvalue weighted by Crippen LogP contribution is 2.11. The van der Waals surface area contributed by atoms with Gasteiger partial charge in [-0.25, -0.2) is 0 Å². The number of nitrogens with zero attached hydrogens (tertiary/aromatic N) is 1. The van der Waals surface area contributed by atoms with Gasteiger partial charge in [0.25, 0.3) is 0 Å². The molecule has 86 valence electrons. The minimum Gasteiger partial charge on any atom is -0.384 e. The van der Waals surface area contributed by atoms with E-state index in [1.807, 2.05) is 20.0 Å². The van der Waals surface area contributed by atoms with Gasteiger partial charge in [-0.1, -0.05) is 33.8 Å². The highest BCUT2D eigenvalue weighted by Gasteiger charge is 1.99. The minimum absolute atomic E-state index is 0.511. The first kappa shape index (κ1) is 14.1. The Morgan fingerprint density at radius 1 is 1.27 bits per heavy atom. The second kappa shape index (κ2) is 8.42. The molecule has 0 aliphatic carbocycles. The van der Waals surface area contributed by atoms with Gasteiger partial charge in [0.15, 0.2) is 0 Å². The lowest BCUT2D eigenvalue weighted by Crippen LogP contribution is -1.97. The summed E-state index contributed by atoms with van der Waals surface area (Å²) >= 11 is 0. The summed E-state index contributed by atoms with van der Waals surface area (Å²) < 4.78 is 5.00. The van der Waals surface area contributed by atoms with E-state index in [2.05, 4.69) is 31.0 Å². The van der Waals surface area contributed by atoms with E-state index in [1.54, 1.807) is 7.11 Å². The normalized spacial score (nSPS) is 9.73. The molecule has 0 saturated heterocycles. The molecule has 0 N–H and O–H groups in total. The van der Waals surface area contributed by atoms with Crippen molar-refractivity contribution in [1.29, 1.82) is 0 Å². The molecule has 1 aromatic rings. The maximum atomic E-state index is 5.00. The van der Waals surface area contributed by atoms with Crippen LogP contribution in [0.2, 0.25) is 0 Å². The number of hydrogen-bond acceptors (Lipinski definition) is 2. The van der Waals surface area contributed by atoms with Crippen molar-refractivity contribution in [3.8, 4) is 0 Å². The average molecular weight is 209 g/mol. The van der Waals surface area contributed by atoms with E-state index in [0.29, 0.717) is 5.92 Å². The van der Waals surface area contributed by atoms with Crippen LogP contribution >= 0.6 is 0 Å². The summed E-state index contributed by atoms with van der Waals surface area (Å²) in [6, 6.07) is 4.22. The van der Waals surface area contributed by atoms with Crippen molar-refractivity contribution in [3.63, 3.8) is 0 Å². The molecule has 1 rings (SSSR count). The van der Waals surface area contributed by atoms with Crippen LogP contribution in [0.4, 0.5) is 0 Å². The van der Waals surface area contributed by atoms with Crippen molar-refractivity contribution < 1.29 is 4.74 Å². The van der Waals surface area contributed by atoms with E-state index in [-0.39, 0.29) is 0 Å². The molecule has 2 nitrogen and oxygen atoms in total. The summed E-state index contributed by atoms with van der Waals surface area (Å²) in [5.41, 5.74) is 2.40. The van der Waals surface area contributed by atoms with Crippen LogP contribution in [0.15, 0.2) is 18.3 Å². The van der Waals surface area contributed by atoms with Gasteiger partial charge >= 0.3 is 0 Å². The third-order valence-corrected chi connectivity index (χ3v) is 2.03. The van der Waals surface area contributed by atoms with E-state index < -0.39 is 0 Å². The summed E-state index contributed by atoms with van der Waals surface area (Å²) in [7, 11) is 1.72. The van der Waals surface area contributed by atoms with E-state index in [1.165, 1.54) is 5.56 Å². The smallest absolute Gasteiger partial charge is 0.0503 e. The first-order chi connectivity index (χ1) is 7.24. The van der Waals surface area contributed by atoms with Crippen molar-refractivity contribution in [2.45, 2.75) is 40.0 Å². The van der Waals surface area contributed by atoms with Gasteiger partial charge in [0.2, 0.25) is 0 Å². The minimum atomic E-state index is 0.511. The number of aromatic nitrogens is 1. The third-order valence-electron chi connectivity index (χ3n) is 2.03. The molecule has 0 amide bonds. The van der Waals surface area contributed by atoms with Gasteiger partial charge in [-0.15, -0.1) is 0 Å². The molecule has 0 atom stereocenters. The second-order valence-electron chi connectivity index (χ2n) is 3.49. The van der Waals surface area contributed by atoms with Gasteiger partial charge in [-0.3, -0.25) is 4.98 Å². The van der Waals surface area contributed by atoms with Gasteiger partial charge in [-0.05, 0) is 24.0 Å². The molecule has 0 radical (unpaired) electrons. The second-order valence-corrected chi connectivity index (χ2v) is 3.49. The van der Waals surface area contributed by atoms with Crippen LogP contribution in [0, 0.1) is 0 Å². The summed E-state index contributed by atoms with van der Waals surface area (Å²) in [5.74, 6) is 0.511. The van der Waals surface area contributed by atoms with Crippen LogP contribution in [0.1, 0.15) is 44.9 Å². The van der Waals surface area contributed by atoms with Crippen LogP contribution in [0.25, 0.3) is 0 Å². The lowest BCUT2D eigenvalue weighted by molar-refractivity contribution is 0.202. The molecule has 15 heavy (non-hydrogen) atoms. The van der Waals surface area contributed by atoms with Crippen molar-refractivity contribution >= 4 is 0 Å². The summed E-state index contributed by atoms with van der Waals surface area (Å²) in [4.78, 5) is 4.38. The highest BCUT2D eigenvalue weighted by molar-refractivity contribution is 5.16. The van der Waals surface area contributed by atoms with Crippen LogP contribution < -0.4 is 0 Å². The lowest BCUT2D eigenvalue weighted by Gasteiger charge is -2.05. The molecule has 0 aliphatic rings. The van der Waals surface area contributed by atoms with E-state index >= 15 is 0 Å². The average Bonchev–Trinajstić information content (AvgIpc) is 2.29. The van der Waals surface area contributed by atoms with Gasteiger partial charge in [0.05, 0.1) is 6.61 Å². The van der Waals surface area contributed by atoms with Crippen LogP contribution in [-0.2, 0) is 11.2 Å². The predicted molar refractivity (Wildman–Crippen MR) is 65.3 cm³/mol. The molecule has 2 heteroatoms. The number of ether oxygens (including phenoxy) is 1. The fourth-order valence-corrected chi connectivity index (χ4v) is 1.15. The van der Waals surface area contributed by atoms with E-state index in [9.17, 15) is 0 Å². The number of pyridine rings is 1. The monoisotopic (exact) mass is 209 g/mol. The maximum absolute atomic E-state index is 5.00. The Bertz CT molecular complexity index is 241. The Hall–Kier alpha value is -0.890. The Morgan fingerprint density at radius 2 is 1.93 bits per heavy atom. The number of rotatable bonds is 4. The zero-order valence-electron chi connectivity index (χ0n) is 10.6. The van der Waals surface area contributed by atoms with E-state index in [0.717, 1.165) is 18.7 Å². The molecule has 0 saturated carbocycles. The Kier molecular flexibility index (Phi) is 7.92. The molecule has 1 aromatic heterocycles. The summed E-state index contributed by atoms with van der Waals surface area (Å²) in [6.45, 7) is 9.07. The largest absolute Gasteiger partial charge is 0.384 e. The molecule has 0 aromatic carbocycles. The van der Waals surface area contributed by atoms with Gasteiger partial charge in [-0.2, -0.15) is 0 Å². The fraction of sp³-hybridized carbons (Fsp3) is 0.615. The highest BCUT2D eigenvalue weighted by atomic mass is 16.5. The molecule has 0 aliphatic heterocycles. The molecule has 0 unspecified atom stereocenters. The molecule has 0 spiro atoms. The molecular formula is C13H23NO. The quantitative estimate of drug-likeness (QED) is 0.758. The maximum Gasteiger partial charge on any atom is 0.0503 e. The Morgan fingerprint density at radius 3 is 2.33 bits per heavy atom. The van der Waals surface area contributed by atoms with Crippen LogP contribution in [0.3, 0.4) is 0 Å².